The summed E-state index contributed by atoms with van der Waals surface area (Å²) in [5.74, 6) is 0. The third kappa shape index (κ3) is 6.64. The Morgan fingerprint density at radius 1 is 0.345 bits per heavy atom. The van der Waals surface area contributed by atoms with E-state index >= 15 is 26.3 Å². The minimum Gasteiger partial charge on any atom is -0.309 e. The topological polar surface area (TPSA) is 9.86 Å². The molecule has 0 aliphatic heterocycles. The second kappa shape index (κ2) is 13.0. The van der Waals surface area contributed by atoms with Gasteiger partial charge in [0.1, 0.15) is 0 Å². The second-order valence-electron chi connectivity index (χ2n) is 18.6. The van der Waals surface area contributed by atoms with Crippen molar-refractivity contribution in [1.82, 2.24) is 9.13 Å². The van der Waals surface area contributed by atoms with Crippen molar-refractivity contribution >= 4 is 43.6 Å². The van der Waals surface area contributed by atoms with Crippen LogP contribution in [0.1, 0.15) is 90.1 Å². The number of benzene rings is 6. The van der Waals surface area contributed by atoms with Crippen molar-refractivity contribution in [3.63, 3.8) is 0 Å². The lowest BCUT2D eigenvalue weighted by Gasteiger charge is -2.22. The molecule has 8 aromatic rings. The quantitative estimate of drug-likeness (QED) is 0.158. The lowest BCUT2D eigenvalue weighted by atomic mass is 9.86. The average molecular weight is 789 g/mol. The number of rotatable bonds is 3. The van der Waals surface area contributed by atoms with Gasteiger partial charge < -0.3 is 9.13 Å². The van der Waals surface area contributed by atoms with E-state index in [1.165, 1.54) is 24.3 Å². The van der Waals surface area contributed by atoms with Gasteiger partial charge in [-0.1, -0.05) is 117 Å². The van der Waals surface area contributed by atoms with Crippen LogP contribution < -0.4 is 0 Å². The highest BCUT2D eigenvalue weighted by Crippen LogP contribution is 2.46. The smallest absolute Gasteiger partial charge is 0.309 e. The molecule has 8 rings (SSSR count). The molecule has 0 radical (unpaired) electrons. The van der Waals surface area contributed by atoms with Gasteiger partial charge in [0.05, 0.1) is 33.2 Å². The average Bonchev–Trinajstić information content (AvgIpc) is 3.64. The van der Waals surface area contributed by atoms with E-state index in [0.29, 0.717) is 11.4 Å². The number of halogens is 6. The normalized spacial score (nSPS) is 13.4. The van der Waals surface area contributed by atoms with Gasteiger partial charge >= 0.3 is 12.4 Å². The van der Waals surface area contributed by atoms with Crippen LogP contribution in [-0.4, -0.2) is 9.13 Å². The number of para-hydroxylation sites is 1. The van der Waals surface area contributed by atoms with E-state index in [9.17, 15) is 0 Å². The molecule has 0 saturated heterocycles. The van der Waals surface area contributed by atoms with E-state index < -0.39 is 34.6 Å². The van der Waals surface area contributed by atoms with Gasteiger partial charge in [0.15, 0.2) is 0 Å². The summed E-state index contributed by atoms with van der Waals surface area (Å²) in [7, 11) is 0. The number of fused-ring (bicyclic) bond motifs is 6. The van der Waals surface area contributed by atoms with Crippen molar-refractivity contribution in [3.05, 3.63) is 143 Å². The fraction of sp³-hybridized carbons (Fsp3) is 0.280. The Bertz CT molecular complexity index is 2840. The Labute approximate surface area is 334 Å². The first-order valence-electron chi connectivity index (χ1n) is 19.5. The van der Waals surface area contributed by atoms with Gasteiger partial charge in [-0.25, -0.2) is 0 Å². The second-order valence-corrected chi connectivity index (χ2v) is 18.6. The first kappa shape index (κ1) is 39.3. The van der Waals surface area contributed by atoms with Crippen molar-refractivity contribution in [2.24, 2.45) is 0 Å². The summed E-state index contributed by atoms with van der Waals surface area (Å²) in [6.45, 7) is 18.7. The van der Waals surface area contributed by atoms with Gasteiger partial charge in [-0.15, -0.1) is 0 Å². The Balaban J connectivity index is 1.47. The van der Waals surface area contributed by atoms with Crippen LogP contribution >= 0.6 is 0 Å². The summed E-state index contributed by atoms with van der Waals surface area (Å²) in [6.07, 6.45) is -9.91. The highest BCUT2D eigenvalue weighted by atomic mass is 19.4. The van der Waals surface area contributed by atoms with Gasteiger partial charge in [-0.2, -0.15) is 26.3 Å². The molecule has 0 unspecified atom stereocenters. The molecule has 8 heteroatoms. The van der Waals surface area contributed by atoms with Crippen LogP contribution in [0.5, 0.6) is 0 Å². The predicted molar refractivity (Wildman–Crippen MR) is 227 cm³/mol. The van der Waals surface area contributed by atoms with Gasteiger partial charge in [0.2, 0.25) is 0 Å². The largest absolute Gasteiger partial charge is 0.417 e. The number of hydrogen-bond acceptors (Lipinski definition) is 0. The number of alkyl halides is 6. The van der Waals surface area contributed by atoms with Crippen molar-refractivity contribution in [2.75, 3.05) is 0 Å². The first-order chi connectivity index (χ1) is 26.9. The van der Waals surface area contributed by atoms with Gasteiger partial charge in [-0.05, 0) is 105 Å². The number of hydrogen-bond donors (Lipinski definition) is 0. The summed E-state index contributed by atoms with van der Waals surface area (Å²) in [5, 5.41) is 3.55. The van der Waals surface area contributed by atoms with Gasteiger partial charge in [0.25, 0.3) is 0 Å². The summed E-state index contributed by atoms with van der Waals surface area (Å²) >= 11 is 0. The molecule has 2 nitrogen and oxygen atoms in total. The monoisotopic (exact) mass is 788 g/mol. The SMILES string of the molecule is CC(C)(C)c1ccc2c3ccccc3n(-c3ccc(C(F)(F)F)c(-c4cc(-n5c6cc(C(C)(C)C)ccc6c6ccc(C(C)(C)C)cc65)ccc4C(F)(F)F)c3)c2c1. The molecule has 0 N–H and O–H groups in total. The molecule has 0 amide bonds. The molecule has 0 aliphatic rings. The minimum atomic E-state index is -4.96. The van der Waals surface area contributed by atoms with Crippen LogP contribution in [0.15, 0.2) is 115 Å². The molecule has 0 atom stereocenters. The van der Waals surface area contributed by atoms with E-state index in [1.807, 2.05) is 75.9 Å². The molecule has 58 heavy (non-hydrogen) atoms. The number of aromatic nitrogens is 2. The molecule has 298 valence electrons. The van der Waals surface area contributed by atoms with Crippen LogP contribution in [0, 0.1) is 0 Å². The molecular weight excluding hydrogens is 743 g/mol. The lowest BCUT2D eigenvalue weighted by molar-refractivity contribution is -0.139. The van der Waals surface area contributed by atoms with Crippen LogP contribution in [-0.2, 0) is 28.6 Å². The zero-order valence-electron chi connectivity index (χ0n) is 34.1. The molecule has 0 aliphatic carbocycles. The molecule has 6 aromatic carbocycles. The zero-order chi connectivity index (χ0) is 41.9. The van der Waals surface area contributed by atoms with Crippen LogP contribution in [0.3, 0.4) is 0 Å². The summed E-state index contributed by atoms with van der Waals surface area (Å²) in [5.41, 5.74) is 2.53. The Hall–Kier alpha value is -5.50. The van der Waals surface area contributed by atoms with Crippen LogP contribution in [0.25, 0.3) is 66.1 Å². The third-order valence-electron chi connectivity index (χ3n) is 11.5. The van der Waals surface area contributed by atoms with E-state index in [-0.39, 0.29) is 16.2 Å². The summed E-state index contributed by atoms with van der Waals surface area (Å²) in [4.78, 5) is 0. The van der Waals surface area contributed by atoms with E-state index in [1.54, 1.807) is 0 Å². The molecule has 0 spiro atoms. The molecular formula is C50H46F6N2. The fourth-order valence-corrected chi connectivity index (χ4v) is 8.23. The van der Waals surface area contributed by atoms with E-state index in [0.717, 1.165) is 72.4 Å². The third-order valence-corrected chi connectivity index (χ3v) is 11.5. The van der Waals surface area contributed by atoms with Crippen molar-refractivity contribution < 1.29 is 26.3 Å². The Morgan fingerprint density at radius 3 is 1.02 bits per heavy atom. The van der Waals surface area contributed by atoms with Crippen molar-refractivity contribution in [2.45, 2.75) is 90.9 Å². The number of nitrogens with zero attached hydrogens (tertiary/aromatic N) is 2. The maximum absolute atomic E-state index is 15.2. The molecule has 0 saturated carbocycles. The summed E-state index contributed by atoms with van der Waals surface area (Å²) < 4.78 is 94.7. The first-order valence-corrected chi connectivity index (χ1v) is 19.5. The molecule has 2 heterocycles. The van der Waals surface area contributed by atoms with E-state index in [2.05, 4.69) is 74.4 Å². The van der Waals surface area contributed by atoms with Crippen molar-refractivity contribution in [3.8, 4) is 22.5 Å². The highest BCUT2D eigenvalue weighted by Gasteiger charge is 2.39. The van der Waals surface area contributed by atoms with Crippen molar-refractivity contribution in [1.29, 1.82) is 0 Å². The minimum absolute atomic E-state index is 0.239. The summed E-state index contributed by atoms with van der Waals surface area (Å²) in [6, 6.07) is 33.0. The Morgan fingerprint density at radius 2 is 0.672 bits per heavy atom. The van der Waals surface area contributed by atoms with Crippen LogP contribution in [0.4, 0.5) is 26.3 Å². The van der Waals surface area contributed by atoms with Gasteiger partial charge in [0, 0.05) is 32.9 Å². The standard InChI is InChI=1S/C50H46F6N2/c1-46(2,3)29-14-19-35-34-12-10-11-13-42(34)57(43(35)24-29)32-17-22-40(49(51,52)53)38(27-32)39-28-33(18-23-41(39)50(54,55)56)58-44-25-30(47(4,5)6)15-20-36(44)37-21-16-31(26-45(37)58)48(7,8)9/h10-28H,1-9H3. The predicted octanol–water partition coefficient (Wildman–Crippen LogP) is 15.5. The maximum Gasteiger partial charge on any atom is 0.417 e. The van der Waals surface area contributed by atoms with Crippen LogP contribution in [0.2, 0.25) is 0 Å². The Kier molecular flexibility index (Phi) is 8.82. The maximum atomic E-state index is 15.2. The highest BCUT2D eigenvalue weighted by molar-refractivity contribution is 6.11. The fourth-order valence-electron chi connectivity index (χ4n) is 8.23. The van der Waals surface area contributed by atoms with Gasteiger partial charge in [-0.3, -0.25) is 0 Å². The molecule has 0 bridgehead atoms. The molecule has 2 aromatic heterocycles. The lowest BCUT2D eigenvalue weighted by Crippen LogP contribution is -2.13. The van der Waals surface area contributed by atoms with E-state index in [4.69, 9.17) is 0 Å². The zero-order valence-corrected chi connectivity index (χ0v) is 34.1. The molecule has 0 fully saturated rings.